The molecule has 3 rings (SSSR count). The zero-order valence-electron chi connectivity index (χ0n) is 17.4. The van der Waals surface area contributed by atoms with Gasteiger partial charge < -0.3 is 9.84 Å². The van der Waals surface area contributed by atoms with E-state index in [1.807, 2.05) is 38.1 Å². The number of rotatable bonds is 7. The summed E-state index contributed by atoms with van der Waals surface area (Å²) in [7, 11) is 1.60. The molecule has 0 atom stereocenters. The molecule has 2 aromatic heterocycles. The average Bonchev–Trinajstić information content (AvgIpc) is 3.07. The number of methoxy groups -OCH3 is 1. The maximum atomic E-state index is 13.7. The van der Waals surface area contributed by atoms with Crippen LogP contribution in [0.3, 0.4) is 0 Å². The summed E-state index contributed by atoms with van der Waals surface area (Å²) in [5.41, 5.74) is -0.0151. The van der Waals surface area contributed by atoms with Crippen LogP contribution < -0.4 is 10.3 Å². The summed E-state index contributed by atoms with van der Waals surface area (Å²) < 4.78 is 6.71. The van der Waals surface area contributed by atoms with Gasteiger partial charge in [0, 0.05) is 16.9 Å². The first-order valence-electron chi connectivity index (χ1n) is 9.71. The molecule has 0 aliphatic carbocycles. The summed E-state index contributed by atoms with van der Waals surface area (Å²) in [6.45, 7) is 7.12. The normalized spacial score (nSPS) is 11.8. The van der Waals surface area contributed by atoms with Crippen LogP contribution in [0.25, 0.3) is 21.3 Å². The molecular weight excluding hydrogens is 388 g/mol. The van der Waals surface area contributed by atoms with Gasteiger partial charge in [0.15, 0.2) is 0 Å². The number of benzene rings is 1. The van der Waals surface area contributed by atoms with Gasteiger partial charge >= 0.3 is 5.97 Å². The summed E-state index contributed by atoms with van der Waals surface area (Å²) in [5, 5.41) is 10.3. The minimum atomic E-state index is -1.40. The maximum absolute atomic E-state index is 13.7. The Labute approximate surface area is 173 Å². The molecule has 2 heterocycles. The minimum absolute atomic E-state index is 0.306. The van der Waals surface area contributed by atoms with Crippen molar-refractivity contribution in [2.45, 2.75) is 52.5 Å². The molecule has 3 aromatic rings. The largest absolute Gasteiger partial charge is 0.497 e. The van der Waals surface area contributed by atoms with Gasteiger partial charge in [0.05, 0.1) is 12.5 Å². The molecule has 0 unspecified atom stereocenters. The second-order valence-electron chi connectivity index (χ2n) is 7.45. The first-order chi connectivity index (χ1) is 13.8. The van der Waals surface area contributed by atoms with E-state index in [1.165, 1.54) is 15.9 Å². The van der Waals surface area contributed by atoms with E-state index in [1.54, 1.807) is 21.0 Å². The summed E-state index contributed by atoms with van der Waals surface area (Å²) in [4.78, 5) is 32.1. The molecule has 0 radical (unpaired) electrons. The van der Waals surface area contributed by atoms with Crippen LogP contribution in [0.5, 0.6) is 5.75 Å². The summed E-state index contributed by atoms with van der Waals surface area (Å²) in [5.74, 6) is 0.149. The molecule has 29 heavy (non-hydrogen) atoms. The molecule has 1 aromatic carbocycles. The topological polar surface area (TPSA) is 81.4 Å². The number of aliphatic carboxylic acids is 1. The van der Waals surface area contributed by atoms with Crippen LogP contribution in [-0.4, -0.2) is 27.7 Å². The zero-order chi connectivity index (χ0) is 21.3. The van der Waals surface area contributed by atoms with Crippen LogP contribution >= 0.6 is 11.3 Å². The highest BCUT2D eigenvalue weighted by atomic mass is 32.1. The van der Waals surface area contributed by atoms with Crippen LogP contribution in [0.1, 0.15) is 44.8 Å². The molecule has 6 nitrogen and oxygen atoms in total. The fraction of sp³-hybridized carbons (Fsp3) is 0.409. The Morgan fingerprint density at radius 1 is 1.31 bits per heavy atom. The molecule has 1 N–H and O–H groups in total. The van der Waals surface area contributed by atoms with Crippen molar-refractivity contribution in [3.63, 3.8) is 0 Å². The van der Waals surface area contributed by atoms with Gasteiger partial charge in [0.1, 0.15) is 21.9 Å². The number of aromatic nitrogens is 2. The van der Waals surface area contributed by atoms with Crippen molar-refractivity contribution in [1.82, 2.24) is 9.55 Å². The standard InChI is InChI=1S/C22H26N2O4S/c1-6-9-16-23-19-18(20(25)24(16)22(3,4)21(26)27)17(15(7-2)29-19)13-10-8-11-14(12-13)28-5/h8,10-12H,6-7,9H2,1-5H3,(H,26,27). The van der Waals surface area contributed by atoms with Crippen LogP contribution in [0.2, 0.25) is 0 Å². The van der Waals surface area contributed by atoms with Gasteiger partial charge in [-0.05, 0) is 44.4 Å². The number of hydrogen-bond donors (Lipinski definition) is 1. The number of aryl methyl sites for hydroxylation is 2. The fourth-order valence-corrected chi connectivity index (χ4v) is 4.68. The van der Waals surface area contributed by atoms with Crippen molar-refractivity contribution in [2.75, 3.05) is 7.11 Å². The number of fused-ring (bicyclic) bond motifs is 1. The van der Waals surface area contributed by atoms with E-state index in [4.69, 9.17) is 9.72 Å². The van der Waals surface area contributed by atoms with Crippen LogP contribution in [0.15, 0.2) is 29.1 Å². The van der Waals surface area contributed by atoms with Gasteiger partial charge in [-0.25, -0.2) is 9.78 Å². The number of carbonyl (C=O) groups is 1. The Morgan fingerprint density at radius 2 is 2.03 bits per heavy atom. The quantitative estimate of drug-likeness (QED) is 0.617. The third-order valence-corrected chi connectivity index (χ3v) is 6.33. The third kappa shape index (κ3) is 3.55. The number of hydrogen-bond acceptors (Lipinski definition) is 5. The number of carboxylic acids is 1. The van der Waals surface area contributed by atoms with Crippen LogP contribution in [0.4, 0.5) is 0 Å². The Morgan fingerprint density at radius 3 is 2.62 bits per heavy atom. The predicted octanol–water partition coefficient (Wildman–Crippen LogP) is 4.47. The highest BCUT2D eigenvalue weighted by Gasteiger charge is 2.34. The van der Waals surface area contributed by atoms with Crippen LogP contribution in [-0.2, 0) is 23.2 Å². The molecular formula is C22H26N2O4S. The van der Waals surface area contributed by atoms with E-state index in [9.17, 15) is 14.7 Å². The van der Waals surface area contributed by atoms with Crippen molar-refractivity contribution < 1.29 is 14.6 Å². The molecule has 0 saturated carbocycles. The molecule has 7 heteroatoms. The summed E-state index contributed by atoms with van der Waals surface area (Å²) in [6.07, 6.45) is 2.05. The Bertz CT molecular complexity index is 1130. The van der Waals surface area contributed by atoms with E-state index in [-0.39, 0.29) is 5.56 Å². The van der Waals surface area contributed by atoms with Crippen molar-refractivity contribution in [3.8, 4) is 16.9 Å². The van der Waals surface area contributed by atoms with Crippen molar-refractivity contribution in [2.24, 2.45) is 0 Å². The van der Waals surface area contributed by atoms with E-state index < -0.39 is 11.5 Å². The fourth-order valence-electron chi connectivity index (χ4n) is 3.53. The van der Waals surface area contributed by atoms with Gasteiger partial charge in [-0.2, -0.15) is 0 Å². The van der Waals surface area contributed by atoms with Crippen molar-refractivity contribution in [1.29, 1.82) is 0 Å². The van der Waals surface area contributed by atoms with Gasteiger partial charge in [0.25, 0.3) is 5.56 Å². The average molecular weight is 415 g/mol. The van der Waals surface area contributed by atoms with E-state index in [2.05, 4.69) is 0 Å². The Hall–Kier alpha value is -2.67. The first-order valence-corrected chi connectivity index (χ1v) is 10.5. The maximum Gasteiger partial charge on any atom is 0.329 e. The molecule has 0 saturated heterocycles. The third-order valence-electron chi connectivity index (χ3n) is 5.10. The molecule has 0 bridgehead atoms. The highest BCUT2D eigenvalue weighted by Crippen LogP contribution is 2.38. The van der Waals surface area contributed by atoms with Crippen molar-refractivity contribution in [3.05, 3.63) is 45.3 Å². The SMILES string of the molecule is CCCc1nc2sc(CC)c(-c3cccc(OC)c3)c2c(=O)n1C(C)(C)C(=O)O. The molecule has 0 spiro atoms. The first kappa shape index (κ1) is 21.0. The summed E-state index contributed by atoms with van der Waals surface area (Å²) in [6, 6.07) is 7.57. The number of thiophene rings is 1. The van der Waals surface area contributed by atoms with Gasteiger partial charge in [-0.15, -0.1) is 11.3 Å². The van der Waals surface area contributed by atoms with E-state index >= 15 is 0 Å². The zero-order valence-corrected chi connectivity index (χ0v) is 18.2. The second kappa shape index (κ2) is 7.99. The molecule has 0 aliphatic heterocycles. The van der Waals surface area contributed by atoms with Gasteiger partial charge in [-0.1, -0.05) is 26.0 Å². The van der Waals surface area contributed by atoms with Gasteiger partial charge in [0.2, 0.25) is 0 Å². The number of carboxylic acid groups (broad SMARTS) is 1. The van der Waals surface area contributed by atoms with Gasteiger partial charge in [-0.3, -0.25) is 9.36 Å². The van der Waals surface area contributed by atoms with E-state index in [0.29, 0.717) is 28.2 Å². The Balaban J connectivity index is 2.45. The minimum Gasteiger partial charge on any atom is -0.497 e. The lowest BCUT2D eigenvalue weighted by atomic mass is 10.0. The van der Waals surface area contributed by atoms with Crippen LogP contribution in [0, 0.1) is 0 Å². The lowest BCUT2D eigenvalue weighted by Crippen LogP contribution is -2.44. The van der Waals surface area contributed by atoms with E-state index in [0.717, 1.165) is 28.8 Å². The predicted molar refractivity (Wildman–Crippen MR) is 116 cm³/mol. The second-order valence-corrected chi connectivity index (χ2v) is 8.53. The monoisotopic (exact) mass is 414 g/mol. The molecule has 0 aliphatic rings. The molecule has 0 fully saturated rings. The highest BCUT2D eigenvalue weighted by molar-refractivity contribution is 7.19. The lowest BCUT2D eigenvalue weighted by Gasteiger charge is -2.25. The Kier molecular flexibility index (Phi) is 5.80. The lowest BCUT2D eigenvalue weighted by molar-refractivity contribution is -0.146. The molecule has 154 valence electrons. The summed E-state index contributed by atoms with van der Waals surface area (Å²) >= 11 is 1.50. The van der Waals surface area contributed by atoms with Crippen molar-refractivity contribution >= 4 is 27.5 Å². The number of ether oxygens (including phenoxy) is 1. The molecule has 0 amide bonds. The number of nitrogens with zero attached hydrogens (tertiary/aromatic N) is 2. The smallest absolute Gasteiger partial charge is 0.329 e.